The third-order valence-corrected chi connectivity index (χ3v) is 4.43. The Morgan fingerprint density at radius 3 is 2.85 bits per heavy atom. The number of benzene rings is 1. The van der Waals surface area contributed by atoms with E-state index in [2.05, 4.69) is 16.9 Å². The van der Waals surface area contributed by atoms with Crippen molar-refractivity contribution < 1.29 is 14.3 Å². The summed E-state index contributed by atoms with van der Waals surface area (Å²) in [6, 6.07) is 7.09. The molecule has 1 aromatic carbocycles. The Bertz CT molecular complexity index is 987. The predicted octanol–water partition coefficient (Wildman–Crippen LogP) is 2.71. The predicted molar refractivity (Wildman–Crippen MR) is 104 cm³/mol. The lowest BCUT2D eigenvalue weighted by Gasteiger charge is -2.27. The maximum atomic E-state index is 12.6. The minimum absolute atomic E-state index is 0.0459. The number of carbonyl (C=O) groups is 2. The van der Waals surface area contributed by atoms with Gasteiger partial charge in [0.1, 0.15) is 16.5 Å². The summed E-state index contributed by atoms with van der Waals surface area (Å²) < 4.78 is 5.20. The Hall–Kier alpha value is -2.77. The average molecular weight is 388 g/mol. The Morgan fingerprint density at radius 2 is 2.15 bits per heavy atom. The first-order chi connectivity index (χ1) is 12.4. The van der Waals surface area contributed by atoms with E-state index in [9.17, 15) is 9.59 Å². The van der Waals surface area contributed by atoms with E-state index in [-0.39, 0.29) is 22.4 Å². The van der Waals surface area contributed by atoms with Crippen LogP contribution in [0.5, 0.6) is 5.75 Å². The second kappa shape index (κ2) is 7.23. The Morgan fingerprint density at radius 1 is 1.38 bits per heavy atom. The molecule has 0 bridgehead atoms. The van der Waals surface area contributed by atoms with Crippen LogP contribution in [0.15, 0.2) is 42.5 Å². The van der Waals surface area contributed by atoms with Crippen LogP contribution in [0.2, 0.25) is 5.15 Å². The van der Waals surface area contributed by atoms with Gasteiger partial charge in [-0.3, -0.25) is 19.8 Å². The van der Waals surface area contributed by atoms with E-state index in [1.165, 1.54) is 17.1 Å². The fourth-order valence-corrected chi connectivity index (χ4v) is 2.97. The maximum absolute atomic E-state index is 12.6. The molecule has 1 fully saturated rings. The van der Waals surface area contributed by atoms with Crippen LogP contribution in [0, 0.1) is 0 Å². The number of hydrogen-bond acceptors (Lipinski definition) is 5. The van der Waals surface area contributed by atoms with Gasteiger partial charge in [0.05, 0.1) is 12.6 Å². The maximum Gasteiger partial charge on any atom is 0.265 e. The number of halogens is 1. The molecule has 1 aliphatic heterocycles. The minimum atomic E-state index is -0.581. The molecule has 2 heterocycles. The van der Waals surface area contributed by atoms with Crippen molar-refractivity contribution in [1.82, 2.24) is 15.2 Å². The normalized spacial score (nSPS) is 16.2. The standard InChI is InChI=1S/C18H14ClN3O3S/c1-3-6-22-17(24)13(16(23)21-18(22)26)9-11-7-10-8-12(25-2)4-5-14(10)20-15(11)19/h3-5,7-9H,1,6H2,2H3,(H,21,23,26)/b13-9+. The molecule has 2 amide bonds. The molecule has 1 aromatic heterocycles. The van der Waals surface area contributed by atoms with Gasteiger partial charge in [0, 0.05) is 17.5 Å². The summed E-state index contributed by atoms with van der Waals surface area (Å²) in [5.41, 5.74) is 1.04. The van der Waals surface area contributed by atoms with Crippen molar-refractivity contribution in [3.63, 3.8) is 0 Å². The molecule has 3 rings (SSSR count). The highest BCUT2D eigenvalue weighted by atomic mass is 35.5. The van der Waals surface area contributed by atoms with Crippen LogP contribution in [0.1, 0.15) is 5.56 Å². The fourth-order valence-electron chi connectivity index (χ4n) is 2.52. The highest BCUT2D eigenvalue weighted by Crippen LogP contribution is 2.26. The summed E-state index contributed by atoms with van der Waals surface area (Å²) in [6.45, 7) is 3.78. The van der Waals surface area contributed by atoms with Gasteiger partial charge in [-0.25, -0.2) is 4.98 Å². The molecule has 8 heteroatoms. The van der Waals surface area contributed by atoms with Crippen molar-refractivity contribution >= 4 is 57.7 Å². The third kappa shape index (κ3) is 3.31. The van der Waals surface area contributed by atoms with Crippen LogP contribution in [-0.2, 0) is 9.59 Å². The van der Waals surface area contributed by atoms with E-state index >= 15 is 0 Å². The highest BCUT2D eigenvalue weighted by molar-refractivity contribution is 7.80. The molecule has 1 N–H and O–H groups in total. The summed E-state index contributed by atoms with van der Waals surface area (Å²) in [4.78, 5) is 30.4. The second-order valence-electron chi connectivity index (χ2n) is 5.45. The first kappa shape index (κ1) is 18.0. The third-order valence-electron chi connectivity index (χ3n) is 3.80. The van der Waals surface area contributed by atoms with Gasteiger partial charge in [0.15, 0.2) is 5.11 Å². The summed E-state index contributed by atoms with van der Waals surface area (Å²) in [5.74, 6) is -0.434. The summed E-state index contributed by atoms with van der Waals surface area (Å²) in [7, 11) is 1.56. The van der Waals surface area contributed by atoms with Crippen LogP contribution in [0.25, 0.3) is 17.0 Å². The minimum Gasteiger partial charge on any atom is -0.497 e. The quantitative estimate of drug-likeness (QED) is 0.287. The zero-order chi connectivity index (χ0) is 18.8. The number of pyridine rings is 1. The van der Waals surface area contributed by atoms with E-state index in [4.69, 9.17) is 28.6 Å². The van der Waals surface area contributed by atoms with Crippen LogP contribution >= 0.6 is 23.8 Å². The van der Waals surface area contributed by atoms with Gasteiger partial charge in [-0.05, 0) is 42.6 Å². The molecule has 2 aromatic rings. The number of ether oxygens (including phenoxy) is 1. The first-order valence-corrected chi connectivity index (χ1v) is 8.37. The topological polar surface area (TPSA) is 71.5 Å². The van der Waals surface area contributed by atoms with Crippen molar-refractivity contribution in [3.05, 3.63) is 53.2 Å². The number of methoxy groups -OCH3 is 1. The molecule has 0 atom stereocenters. The number of amides is 2. The van der Waals surface area contributed by atoms with Crippen molar-refractivity contribution in [1.29, 1.82) is 0 Å². The van der Waals surface area contributed by atoms with Crippen molar-refractivity contribution in [2.24, 2.45) is 0 Å². The Kier molecular flexibility index (Phi) is 5.01. The number of thiocarbonyl (C=S) groups is 1. The largest absolute Gasteiger partial charge is 0.497 e. The number of nitrogens with zero attached hydrogens (tertiary/aromatic N) is 2. The zero-order valence-electron chi connectivity index (χ0n) is 13.8. The molecule has 0 aliphatic carbocycles. The van der Waals surface area contributed by atoms with Gasteiger partial charge >= 0.3 is 0 Å². The SMILES string of the molecule is C=CCN1C(=O)/C(=C/c2cc3cc(OC)ccc3nc2Cl)C(=O)NC1=S. The molecule has 26 heavy (non-hydrogen) atoms. The van der Waals surface area contributed by atoms with E-state index in [0.29, 0.717) is 16.8 Å². The second-order valence-corrected chi connectivity index (χ2v) is 6.19. The lowest BCUT2D eigenvalue weighted by molar-refractivity contribution is -0.128. The molecule has 0 spiro atoms. The summed E-state index contributed by atoms with van der Waals surface area (Å²) in [5, 5.41) is 3.48. The molecule has 0 unspecified atom stereocenters. The monoisotopic (exact) mass is 387 g/mol. The summed E-state index contributed by atoms with van der Waals surface area (Å²) in [6.07, 6.45) is 2.93. The lowest BCUT2D eigenvalue weighted by atomic mass is 10.1. The molecule has 6 nitrogen and oxygen atoms in total. The molecule has 1 aliphatic rings. The number of rotatable bonds is 4. The Labute approximate surface area is 160 Å². The molecule has 132 valence electrons. The lowest BCUT2D eigenvalue weighted by Crippen LogP contribution is -2.53. The number of carbonyl (C=O) groups excluding carboxylic acids is 2. The van der Waals surface area contributed by atoms with Crippen molar-refractivity contribution in [2.75, 3.05) is 13.7 Å². The van der Waals surface area contributed by atoms with Crippen LogP contribution < -0.4 is 10.1 Å². The van der Waals surface area contributed by atoms with Gasteiger partial charge in [-0.2, -0.15) is 0 Å². The highest BCUT2D eigenvalue weighted by Gasteiger charge is 2.32. The van der Waals surface area contributed by atoms with Crippen LogP contribution in [0.3, 0.4) is 0 Å². The van der Waals surface area contributed by atoms with Gasteiger partial charge in [0.25, 0.3) is 11.8 Å². The fraction of sp³-hybridized carbons (Fsp3) is 0.111. The molecular weight excluding hydrogens is 374 g/mol. The van der Waals surface area contributed by atoms with E-state index in [0.717, 1.165) is 5.39 Å². The van der Waals surface area contributed by atoms with E-state index in [1.807, 2.05) is 0 Å². The smallest absolute Gasteiger partial charge is 0.265 e. The molecule has 0 saturated carbocycles. The van der Waals surface area contributed by atoms with Gasteiger partial charge < -0.3 is 4.74 Å². The van der Waals surface area contributed by atoms with Crippen molar-refractivity contribution in [3.8, 4) is 5.75 Å². The molecule has 0 radical (unpaired) electrons. The van der Waals surface area contributed by atoms with E-state index < -0.39 is 11.8 Å². The van der Waals surface area contributed by atoms with Crippen LogP contribution in [0.4, 0.5) is 0 Å². The van der Waals surface area contributed by atoms with Crippen LogP contribution in [-0.4, -0.2) is 40.5 Å². The van der Waals surface area contributed by atoms with Gasteiger partial charge in [-0.15, -0.1) is 6.58 Å². The number of fused-ring (bicyclic) bond motifs is 1. The van der Waals surface area contributed by atoms with Crippen molar-refractivity contribution in [2.45, 2.75) is 0 Å². The van der Waals surface area contributed by atoms with E-state index in [1.54, 1.807) is 31.4 Å². The Balaban J connectivity index is 2.08. The number of aromatic nitrogens is 1. The first-order valence-electron chi connectivity index (χ1n) is 7.58. The average Bonchev–Trinajstić information content (AvgIpc) is 2.62. The summed E-state index contributed by atoms with van der Waals surface area (Å²) >= 11 is 11.3. The number of hydrogen-bond donors (Lipinski definition) is 1. The zero-order valence-corrected chi connectivity index (χ0v) is 15.4. The molecular formula is C18H14ClN3O3S. The number of nitrogens with one attached hydrogen (secondary N) is 1. The van der Waals surface area contributed by atoms with Gasteiger partial charge in [0.2, 0.25) is 0 Å². The molecule has 1 saturated heterocycles. The van der Waals surface area contributed by atoms with Gasteiger partial charge in [-0.1, -0.05) is 17.7 Å².